The van der Waals surface area contributed by atoms with Crippen molar-refractivity contribution in [2.75, 3.05) is 20.3 Å². The highest BCUT2D eigenvalue weighted by Crippen LogP contribution is 2.26. The summed E-state index contributed by atoms with van der Waals surface area (Å²) in [6.45, 7) is 16.0. The molecule has 0 saturated carbocycles. The second-order valence-electron chi connectivity index (χ2n) is 7.97. The Labute approximate surface area is 242 Å². The molecule has 0 bridgehead atoms. The van der Waals surface area contributed by atoms with Crippen LogP contribution in [-0.2, 0) is 32.2 Å². The Morgan fingerprint density at radius 2 is 1.71 bits per heavy atom. The summed E-state index contributed by atoms with van der Waals surface area (Å²) in [4.78, 5) is 40.6. The van der Waals surface area contributed by atoms with Gasteiger partial charge in [-0.05, 0) is 53.6 Å². The van der Waals surface area contributed by atoms with Crippen molar-refractivity contribution in [1.29, 1.82) is 0 Å². The number of nitrogens with zero attached hydrogens (tertiary/aromatic N) is 1. The lowest BCUT2D eigenvalue weighted by atomic mass is 10.00. The molecule has 228 valence electrons. The molecule has 3 N–H and O–H groups in total. The highest BCUT2D eigenvalue weighted by atomic mass is 19.1. The van der Waals surface area contributed by atoms with Gasteiger partial charge in [-0.1, -0.05) is 52.8 Å². The van der Waals surface area contributed by atoms with E-state index in [1.54, 1.807) is 41.6 Å². The molecule has 0 radical (unpaired) electrons. The van der Waals surface area contributed by atoms with E-state index in [1.165, 1.54) is 6.07 Å². The third-order valence-electron chi connectivity index (χ3n) is 5.83. The molecule has 0 aliphatic carbocycles. The largest absolute Gasteiger partial charge is 0.383 e. The third-order valence-corrected chi connectivity index (χ3v) is 5.83. The average molecular weight is 576 g/mol. The van der Waals surface area contributed by atoms with Gasteiger partial charge in [0, 0.05) is 49.8 Å². The maximum absolute atomic E-state index is 14.8. The molecule has 10 heteroatoms. The van der Waals surface area contributed by atoms with Crippen LogP contribution in [0, 0.1) is 11.7 Å². The zero-order valence-electron chi connectivity index (χ0n) is 25.2. The quantitative estimate of drug-likeness (QED) is 0.164. The Hall–Kier alpha value is -3.73. The Morgan fingerprint density at radius 3 is 2.27 bits per heavy atom. The van der Waals surface area contributed by atoms with Gasteiger partial charge in [0.25, 0.3) is 5.56 Å². The van der Waals surface area contributed by atoms with Crippen LogP contribution in [0.4, 0.5) is 4.39 Å². The van der Waals surface area contributed by atoms with Crippen molar-refractivity contribution in [3.05, 3.63) is 70.4 Å². The molecule has 3 rings (SSSR count). The summed E-state index contributed by atoms with van der Waals surface area (Å²) >= 11 is 0. The van der Waals surface area contributed by atoms with E-state index in [-0.39, 0.29) is 17.3 Å². The SMILES string of the molecule is C=O.C=O.CC.CC.CC[C@H](CCn1ccc2cc(-c3ccc(CNCCOC)cc3F)ccc2c1=O)C(=O)NO. The number of fused-ring (bicyclic) bond motifs is 1. The number of benzene rings is 2. The second kappa shape index (κ2) is 24.1. The van der Waals surface area contributed by atoms with Gasteiger partial charge in [0.1, 0.15) is 19.4 Å². The average Bonchev–Trinajstić information content (AvgIpc) is 3.04. The maximum Gasteiger partial charge on any atom is 0.258 e. The first-order chi connectivity index (χ1) is 20.0. The number of nitrogens with one attached hydrogen (secondary N) is 2. The minimum absolute atomic E-state index is 0.170. The zero-order chi connectivity index (χ0) is 31.8. The van der Waals surface area contributed by atoms with Crippen LogP contribution in [0.1, 0.15) is 53.0 Å². The number of methoxy groups -OCH3 is 1. The van der Waals surface area contributed by atoms with Gasteiger partial charge in [0.15, 0.2) is 0 Å². The van der Waals surface area contributed by atoms with Gasteiger partial charge >= 0.3 is 0 Å². The summed E-state index contributed by atoms with van der Waals surface area (Å²) in [5.74, 6) is -1.14. The fourth-order valence-corrected chi connectivity index (χ4v) is 3.85. The van der Waals surface area contributed by atoms with Crippen molar-refractivity contribution in [3.63, 3.8) is 0 Å². The van der Waals surface area contributed by atoms with E-state index >= 15 is 0 Å². The molecule has 0 unspecified atom stereocenters. The lowest BCUT2D eigenvalue weighted by Crippen LogP contribution is -2.29. The van der Waals surface area contributed by atoms with E-state index in [9.17, 15) is 14.0 Å². The van der Waals surface area contributed by atoms with E-state index < -0.39 is 5.91 Å². The molecular formula is C31H46FN3O6. The predicted octanol–water partition coefficient (Wildman–Crippen LogP) is 5.15. The lowest BCUT2D eigenvalue weighted by Gasteiger charge is -2.14. The molecule has 9 nitrogen and oxygen atoms in total. The summed E-state index contributed by atoms with van der Waals surface area (Å²) in [5, 5.41) is 13.3. The molecule has 0 spiro atoms. The molecule has 41 heavy (non-hydrogen) atoms. The van der Waals surface area contributed by atoms with Crippen LogP contribution in [0.3, 0.4) is 0 Å². The van der Waals surface area contributed by atoms with Gasteiger partial charge < -0.3 is 24.2 Å². The Bertz CT molecular complexity index is 1200. The molecular weight excluding hydrogens is 529 g/mol. The van der Waals surface area contributed by atoms with E-state index in [4.69, 9.17) is 19.5 Å². The first-order valence-electron chi connectivity index (χ1n) is 13.6. The molecule has 1 heterocycles. The Kier molecular flexibility index (Phi) is 23.2. The number of halogens is 1. The number of hydroxylamine groups is 1. The standard InChI is InChI=1S/C25H30FN3O4.2C2H6.2CH2O/c1-3-18(24(30)28-32)8-11-29-12-9-20-15-19(5-7-22(20)25(29)31)21-6-4-17(14-23(21)26)16-27-10-13-33-2;4*1-2/h4-7,9,12,14-15,18,27,32H,3,8,10-11,13,16H2,1-2H3,(H,28,30);2*1-2H3;2*1H2/t18-;;;;/m1..../s1. The highest BCUT2D eigenvalue weighted by molar-refractivity contribution is 5.86. The van der Waals surface area contributed by atoms with Crippen LogP contribution in [0.15, 0.2) is 53.5 Å². The topological polar surface area (TPSA) is 127 Å². The van der Waals surface area contributed by atoms with E-state index in [0.29, 0.717) is 55.6 Å². The van der Waals surface area contributed by atoms with Gasteiger partial charge in [0.05, 0.1) is 6.61 Å². The number of ether oxygens (including phenoxy) is 1. The number of carbonyl (C=O) groups excluding carboxylic acids is 3. The fraction of sp³-hybridized carbons (Fsp3) is 0.419. The van der Waals surface area contributed by atoms with Crippen molar-refractivity contribution in [1.82, 2.24) is 15.4 Å². The van der Waals surface area contributed by atoms with Crippen LogP contribution >= 0.6 is 0 Å². The molecule has 1 atom stereocenters. The van der Waals surface area contributed by atoms with Crippen molar-refractivity contribution < 1.29 is 28.7 Å². The third kappa shape index (κ3) is 12.5. The van der Waals surface area contributed by atoms with E-state index in [1.807, 2.05) is 66.4 Å². The summed E-state index contributed by atoms with van der Waals surface area (Å²) < 4.78 is 21.3. The summed E-state index contributed by atoms with van der Waals surface area (Å²) in [5.41, 5.74) is 3.52. The number of pyridine rings is 1. The number of hydrogen-bond acceptors (Lipinski definition) is 7. The second-order valence-corrected chi connectivity index (χ2v) is 7.97. The van der Waals surface area contributed by atoms with Gasteiger partial charge in [-0.25, -0.2) is 9.87 Å². The first-order valence-corrected chi connectivity index (χ1v) is 13.6. The molecule has 0 aliphatic rings. The van der Waals surface area contributed by atoms with Gasteiger partial charge in [-0.2, -0.15) is 0 Å². The number of aromatic nitrogens is 1. The summed E-state index contributed by atoms with van der Waals surface area (Å²) in [6.07, 6.45) is 2.68. The zero-order valence-corrected chi connectivity index (χ0v) is 25.2. The van der Waals surface area contributed by atoms with Crippen molar-refractivity contribution in [2.24, 2.45) is 5.92 Å². The Morgan fingerprint density at radius 1 is 1.05 bits per heavy atom. The molecule has 1 amide bonds. The van der Waals surface area contributed by atoms with Gasteiger partial charge in [0.2, 0.25) is 5.91 Å². The maximum atomic E-state index is 14.8. The summed E-state index contributed by atoms with van der Waals surface area (Å²) in [6, 6.07) is 12.2. The summed E-state index contributed by atoms with van der Waals surface area (Å²) in [7, 11) is 1.63. The fourth-order valence-electron chi connectivity index (χ4n) is 3.85. The minimum Gasteiger partial charge on any atom is -0.383 e. The van der Waals surface area contributed by atoms with Crippen LogP contribution in [0.2, 0.25) is 0 Å². The molecule has 2 aromatic carbocycles. The molecule has 0 fully saturated rings. The number of amides is 1. The van der Waals surface area contributed by atoms with Crippen molar-refractivity contribution >= 4 is 30.3 Å². The van der Waals surface area contributed by atoms with Crippen molar-refractivity contribution in [2.45, 2.75) is 60.5 Å². The normalized spacial score (nSPS) is 10.2. The predicted molar refractivity (Wildman–Crippen MR) is 162 cm³/mol. The molecule has 3 aromatic rings. The van der Waals surface area contributed by atoms with Crippen LogP contribution in [0.5, 0.6) is 0 Å². The molecule has 0 aliphatic heterocycles. The number of aryl methyl sites for hydroxylation is 1. The van der Waals surface area contributed by atoms with E-state index in [0.717, 1.165) is 10.9 Å². The minimum atomic E-state index is -0.449. The molecule has 0 saturated heterocycles. The highest BCUT2D eigenvalue weighted by Gasteiger charge is 2.16. The Balaban J connectivity index is 0. The van der Waals surface area contributed by atoms with Crippen LogP contribution in [-0.4, -0.2) is 49.5 Å². The first kappa shape index (κ1) is 39.4. The number of hydrogen-bond donors (Lipinski definition) is 3. The van der Waals surface area contributed by atoms with Gasteiger partial charge in [-0.3, -0.25) is 14.8 Å². The monoisotopic (exact) mass is 575 g/mol. The van der Waals surface area contributed by atoms with E-state index in [2.05, 4.69) is 5.32 Å². The van der Waals surface area contributed by atoms with Crippen LogP contribution < -0.4 is 16.4 Å². The van der Waals surface area contributed by atoms with Gasteiger partial charge in [-0.15, -0.1) is 0 Å². The van der Waals surface area contributed by atoms with Crippen molar-refractivity contribution in [3.8, 4) is 11.1 Å². The molecule has 1 aromatic heterocycles. The smallest absolute Gasteiger partial charge is 0.258 e. The number of carbonyl (C=O) groups is 3. The van der Waals surface area contributed by atoms with Crippen LogP contribution in [0.25, 0.3) is 21.9 Å². The number of rotatable bonds is 11. The lowest BCUT2D eigenvalue weighted by molar-refractivity contribution is -0.133.